The van der Waals surface area contributed by atoms with E-state index in [1.54, 1.807) is 60.7 Å². The van der Waals surface area contributed by atoms with E-state index in [0.717, 1.165) is 6.42 Å². The van der Waals surface area contributed by atoms with Gasteiger partial charge in [-0.05, 0) is 24.1 Å². The van der Waals surface area contributed by atoms with Gasteiger partial charge in [-0.2, -0.15) is 0 Å². The van der Waals surface area contributed by atoms with Crippen LogP contribution in [-0.4, -0.2) is 18.4 Å². The van der Waals surface area contributed by atoms with Crippen LogP contribution in [0.3, 0.4) is 0 Å². The second kappa shape index (κ2) is 9.11. The molecule has 3 nitrogen and oxygen atoms in total. The van der Waals surface area contributed by atoms with E-state index in [1.165, 1.54) is 0 Å². The van der Waals surface area contributed by atoms with E-state index in [1.807, 2.05) is 6.92 Å². The van der Waals surface area contributed by atoms with Crippen molar-refractivity contribution in [3.63, 3.8) is 0 Å². The molecule has 2 aromatic rings. The van der Waals surface area contributed by atoms with Crippen LogP contribution in [0.15, 0.2) is 60.7 Å². The number of halogens is 1. The lowest BCUT2D eigenvalue weighted by Crippen LogP contribution is -2.33. The van der Waals surface area contributed by atoms with Crippen molar-refractivity contribution in [1.82, 2.24) is 0 Å². The first kappa shape index (κ1) is 18.8. The van der Waals surface area contributed by atoms with Gasteiger partial charge < -0.3 is 4.74 Å². The summed E-state index contributed by atoms with van der Waals surface area (Å²) in [6, 6.07) is 16.9. The standard InChI is InChI=1S/C21H23FO3/c1-2-3-14-19(23)21(22,18-12-8-5-9-13-18)15-16-25-20(24)17-10-6-4-7-11-17/h4-13H,2-3,14-16H2,1H3. The van der Waals surface area contributed by atoms with Crippen molar-refractivity contribution in [2.24, 2.45) is 0 Å². The third kappa shape index (κ3) is 4.99. The van der Waals surface area contributed by atoms with Crippen LogP contribution in [0.2, 0.25) is 0 Å². The van der Waals surface area contributed by atoms with E-state index in [9.17, 15) is 9.59 Å². The average molecular weight is 342 g/mol. The highest BCUT2D eigenvalue weighted by molar-refractivity contribution is 5.90. The van der Waals surface area contributed by atoms with Gasteiger partial charge in [0.05, 0.1) is 12.2 Å². The summed E-state index contributed by atoms with van der Waals surface area (Å²) in [6.07, 6.45) is 1.45. The number of hydrogen-bond acceptors (Lipinski definition) is 3. The van der Waals surface area contributed by atoms with Crippen LogP contribution < -0.4 is 0 Å². The van der Waals surface area contributed by atoms with Crippen molar-refractivity contribution in [2.45, 2.75) is 38.3 Å². The number of carbonyl (C=O) groups is 2. The highest BCUT2D eigenvalue weighted by atomic mass is 19.1. The molecule has 0 aliphatic heterocycles. The molecule has 0 spiro atoms. The molecule has 132 valence electrons. The van der Waals surface area contributed by atoms with Gasteiger partial charge in [-0.3, -0.25) is 4.79 Å². The molecule has 0 aromatic heterocycles. The van der Waals surface area contributed by atoms with Gasteiger partial charge in [-0.1, -0.05) is 61.9 Å². The lowest BCUT2D eigenvalue weighted by Gasteiger charge is -2.24. The van der Waals surface area contributed by atoms with Crippen molar-refractivity contribution in [3.05, 3.63) is 71.8 Å². The Morgan fingerprint density at radius 1 is 1.00 bits per heavy atom. The average Bonchev–Trinajstić information content (AvgIpc) is 2.67. The first-order valence-electron chi connectivity index (χ1n) is 8.58. The number of hydrogen-bond donors (Lipinski definition) is 0. The maximum absolute atomic E-state index is 15.6. The molecule has 1 atom stereocenters. The Kier molecular flexibility index (Phi) is 6.87. The van der Waals surface area contributed by atoms with E-state index in [0.29, 0.717) is 17.5 Å². The molecule has 0 N–H and O–H groups in total. The minimum Gasteiger partial charge on any atom is -0.462 e. The minimum absolute atomic E-state index is 0.156. The summed E-state index contributed by atoms with van der Waals surface area (Å²) >= 11 is 0. The summed E-state index contributed by atoms with van der Waals surface area (Å²) in [4.78, 5) is 24.4. The molecule has 2 rings (SSSR count). The van der Waals surface area contributed by atoms with E-state index >= 15 is 4.39 Å². The third-order valence-corrected chi connectivity index (χ3v) is 4.12. The van der Waals surface area contributed by atoms with Crippen molar-refractivity contribution in [3.8, 4) is 0 Å². The maximum Gasteiger partial charge on any atom is 0.338 e. The number of alkyl halides is 1. The normalized spacial score (nSPS) is 13.0. The zero-order valence-electron chi connectivity index (χ0n) is 14.4. The Bertz CT molecular complexity index is 685. The number of carbonyl (C=O) groups excluding carboxylic acids is 2. The number of esters is 1. The van der Waals surface area contributed by atoms with E-state index in [4.69, 9.17) is 4.74 Å². The SMILES string of the molecule is CCCCC(=O)C(F)(CCOC(=O)c1ccccc1)c1ccccc1. The van der Waals surface area contributed by atoms with Gasteiger partial charge in [0.1, 0.15) is 0 Å². The van der Waals surface area contributed by atoms with Crippen LogP contribution in [0.25, 0.3) is 0 Å². The number of Topliss-reactive ketones (excluding diaryl/α,β-unsaturated/α-hetero) is 1. The quantitative estimate of drug-likeness (QED) is 0.611. The van der Waals surface area contributed by atoms with Gasteiger partial charge in [0.15, 0.2) is 11.5 Å². The van der Waals surface area contributed by atoms with Crippen LogP contribution in [0.4, 0.5) is 4.39 Å². The molecule has 0 aliphatic rings. The fourth-order valence-electron chi connectivity index (χ4n) is 2.62. The first-order chi connectivity index (χ1) is 12.1. The molecular weight excluding hydrogens is 319 g/mol. The molecule has 0 fully saturated rings. The summed E-state index contributed by atoms with van der Waals surface area (Å²) < 4.78 is 20.7. The topological polar surface area (TPSA) is 43.4 Å². The summed E-state index contributed by atoms with van der Waals surface area (Å²) in [5, 5.41) is 0. The number of unbranched alkanes of at least 4 members (excludes halogenated alkanes) is 1. The molecule has 2 aromatic carbocycles. The van der Waals surface area contributed by atoms with Crippen LogP contribution in [0.1, 0.15) is 48.5 Å². The number of benzene rings is 2. The van der Waals surface area contributed by atoms with Gasteiger partial charge in [-0.25, -0.2) is 9.18 Å². The Hall–Kier alpha value is -2.49. The third-order valence-electron chi connectivity index (χ3n) is 4.12. The highest BCUT2D eigenvalue weighted by Gasteiger charge is 2.39. The summed E-state index contributed by atoms with van der Waals surface area (Å²) in [5.74, 6) is -0.978. The molecule has 0 amide bonds. The van der Waals surface area contributed by atoms with E-state index in [-0.39, 0.29) is 19.4 Å². The molecule has 0 aliphatic carbocycles. The first-order valence-corrected chi connectivity index (χ1v) is 8.58. The van der Waals surface area contributed by atoms with Crippen molar-refractivity contribution in [2.75, 3.05) is 6.61 Å². The summed E-state index contributed by atoms with van der Waals surface area (Å²) in [7, 11) is 0. The maximum atomic E-state index is 15.6. The number of ketones is 1. The second-order valence-corrected chi connectivity index (χ2v) is 5.95. The van der Waals surface area contributed by atoms with Crippen LogP contribution in [0, 0.1) is 0 Å². The second-order valence-electron chi connectivity index (χ2n) is 5.95. The van der Waals surface area contributed by atoms with Gasteiger partial charge >= 0.3 is 5.97 Å². The van der Waals surface area contributed by atoms with Crippen LogP contribution in [-0.2, 0) is 15.2 Å². The van der Waals surface area contributed by atoms with Crippen LogP contribution in [0.5, 0.6) is 0 Å². The Balaban J connectivity index is 2.06. The molecule has 0 saturated heterocycles. The highest BCUT2D eigenvalue weighted by Crippen LogP contribution is 2.33. The molecule has 0 radical (unpaired) electrons. The lowest BCUT2D eigenvalue weighted by atomic mass is 9.86. The summed E-state index contributed by atoms with van der Waals surface area (Å²) in [6.45, 7) is 1.80. The fourth-order valence-corrected chi connectivity index (χ4v) is 2.62. The predicted molar refractivity (Wildman–Crippen MR) is 95.1 cm³/mol. The Morgan fingerprint density at radius 2 is 1.60 bits per heavy atom. The van der Waals surface area contributed by atoms with Crippen LogP contribution >= 0.6 is 0 Å². The fraction of sp³-hybridized carbons (Fsp3) is 0.333. The van der Waals surface area contributed by atoms with Gasteiger partial charge in [0.2, 0.25) is 0 Å². The zero-order valence-corrected chi connectivity index (χ0v) is 14.4. The predicted octanol–water partition coefficient (Wildman–Crippen LogP) is 4.86. The van der Waals surface area contributed by atoms with Crippen molar-refractivity contribution >= 4 is 11.8 Å². The van der Waals surface area contributed by atoms with E-state index in [2.05, 4.69) is 0 Å². The van der Waals surface area contributed by atoms with Crippen molar-refractivity contribution in [1.29, 1.82) is 0 Å². The van der Waals surface area contributed by atoms with Gasteiger partial charge in [-0.15, -0.1) is 0 Å². The molecule has 25 heavy (non-hydrogen) atoms. The molecule has 1 unspecified atom stereocenters. The monoisotopic (exact) mass is 342 g/mol. The number of rotatable bonds is 9. The minimum atomic E-state index is -2.13. The molecule has 0 heterocycles. The van der Waals surface area contributed by atoms with Gasteiger partial charge in [0, 0.05) is 12.8 Å². The summed E-state index contributed by atoms with van der Waals surface area (Å²) in [5.41, 5.74) is -1.41. The Morgan fingerprint density at radius 3 is 2.20 bits per heavy atom. The molecule has 4 heteroatoms. The molecular formula is C21H23FO3. The smallest absolute Gasteiger partial charge is 0.338 e. The largest absolute Gasteiger partial charge is 0.462 e. The van der Waals surface area contributed by atoms with E-state index < -0.39 is 17.4 Å². The lowest BCUT2D eigenvalue weighted by molar-refractivity contribution is -0.132. The Labute approximate surface area is 147 Å². The molecule has 0 saturated carbocycles. The zero-order chi connectivity index (χ0) is 18.1. The number of ether oxygens (including phenoxy) is 1. The van der Waals surface area contributed by atoms with Gasteiger partial charge in [0.25, 0.3) is 0 Å². The van der Waals surface area contributed by atoms with Crippen molar-refractivity contribution < 1.29 is 18.7 Å². The molecule has 0 bridgehead atoms.